The van der Waals surface area contributed by atoms with Crippen LogP contribution in [0.4, 0.5) is 11.4 Å². The summed E-state index contributed by atoms with van der Waals surface area (Å²) in [6.07, 6.45) is 0. The van der Waals surface area contributed by atoms with Crippen molar-refractivity contribution in [1.82, 2.24) is 4.31 Å². The van der Waals surface area contributed by atoms with Crippen LogP contribution in [0.5, 0.6) is 5.75 Å². The van der Waals surface area contributed by atoms with Gasteiger partial charge in [-0.25, -0.2) is 8.42 Å². The lowest BCUT2D eigenvalue weighted by Crippen LogP contribution is -2.48. The minimum atomic E-state index is -3.81. The lowest BCUT2D eigenvalue weighted by molar-refractivity contribution is 0.102. The van der Waals surface area contributed by atoms with E-state index in [1.54, 1.807) is 36.8 Å². The van der Waals surface area contributed by atoms with Crippen LogP contribution in [0.25, 0.3) is 0 Å². The third kappa shape index (κ3) is 4.61. The fraction of sp³-hybridized carbons (Fsp3) is 0.227. The van der Waals surface area contributed by atoms with Crippen LogP contribution in [0.3, 0.4) is 0 Å². The lowest BCUT2D eigenvalue weighted by Gasteiger charge is -2.35. The molecule has 2 aromatic carbocycles. The van der Waals surface area contributed by atoms with Crippen molar-refractivity contribution in [2.24, 2.45) is 0 Å². The van der Waals surface area contributed by atoms with E-state index in [1.807, 2.05) is 24.3 Å². The van der Waals surface area contributed by atoms with Gasteiger partial charge in [0.25, 0.3) is 5.91 Å². The van der Waals surface area contributed by atoms with Crippen molar-refractivity contribution in [3.05, 3.63) is 69.9 Å². The summed E-state index contributed by atoms with van der Waals surface area (Å²) in [7, 11) is -2.25. The number of methoxy groups -OCH3 is 1. The maximum Gasteiger partial charge on any atom is 0.267 e. The Labute approximate surface area is 196 Å². The number of rotatable bonds is 6. The highest BCUT2D eigenvalue weighted by Gasteiger charge is 2.33. The molecule has 32 heavy (non-hydrogen) atoms. The van der Waals surface area contributed by atoms with Gasteiger partial charge in [0.15, 0.2) is 0 Å². The highest BCUT2D eigenvalue weighted by molar-refractivity contribution is 7.89. The zero-order chi connectivity index (χ0) is 22.7. The summed E-state index contributed by atoms with van der Waals surface area (Å²) in [4.78, 5) is 15.1. The van der Waals surface area contributed by atoms with E-state index in [9.17, 15) is 13.2 Å². The molecule has 1 amide bonds. The summed E-state index contributed by atoms with van der Waals surface area (Å²) in [6, 6.07) is 15.8. The van der Waals surface area contributed by atoms with Gasteiger partial charge in [-0.05, 0) is 47.8 Å². The zero-order valence-electron chi connectivity index (χ0n) is 17.3. The number of nitrogens with zero attached hydrogens (tertiary/aromatic N) is 2. The minimum Gasteiger partial charge on any atom is -0.497 e. The number of carbonyl (C=O) groups excluding carboxylic acids is 1. The fourth-order valence-electron chi connectivity index (χ4n) is 3.55. The SMILES string of the molecule is COc1ccc(NC(=O)c2sccc2S(=O)(=O)N2CCN(c3ccccc3Cl)CC2)cc1. The number of sulfonamides is 1. The van der Waals surface area contributed by atoms with Crippen LogP contribution < -0.4 is 15.0 Å². The number of ether oxygens (including phenoxy) is 1. The molecule has 0 saturated carbocycles. The van der Waals surface area contributed by atoms with Crippen molar-refractivity contribution < 1.29 is 17.9 Å². The Bertz CT molecular complexity index is 1200. The van der Waals surface area contributed by atoms with Crippen LogP contribution in [0.1, 0.15) is 9.67 Å². The molecule has 1 saturated heterocycles. The number of anilines is 2. The number of para-hydroxylation sites is 1. The summed E-state index contributed by atoms with van der Waals surface area (Å²) in [5.41, 5.74) is 1.45. The van der Waals surface area contributed by atoms with Gasteiger partial charge in [-0.2, -0.15) is 4.31 Å². The number of amides is 1. The molecule has 0 radical (unpaired) electrons. The first kappa shape index (κ1) is 22.6. The van der Waals surface area contributed by atoms with Gasteiger partial charge in [-0.1, -0.05) is 23.7 Å². The lowest BCUT2D eigenvalue weighted by atomic mass is 10.2. The van der Waals surface area contributed by atoms with Crippen LogP contribution in [-0.2, 0) is 10.0 Å². The summed E-state index contributed by atoms with van der Waals surface area (Å²) >= 11 is 7.38. The van der Waals surface area contributed by atoms with Crippen LogP contribution in [0.2, 0.25) is 5.02 Å². The second kappa shape index (κ2) is 9.50. The first-order chi connectivity index (χ1) is 15.4. The monoisotopic (exact) mass is 491 g/mol. The van der Waals surface area contributed by atoms with Crippen molar-refractivity contribution in [3.63, 3.8) is 0 Å². The molecule has 1 aliphatic rings. The van der Waals surface area contributed by atoms with E-state index in [-0.39, 0.29) is 9.77 Å². The van der Waals surface area contributed by atoms with Gasteiger partial charge < -0.3 is 15.0 Å². The van der Waals surface area contributed by atoms with Gasteiger partial charge in [0.2, 0.25) is 10.0 Å². The van der Waals surface area contributed by atoms with Crippen molar-refractivity contribution in [3.8, 4) is 5.75 Å². The molecule has 1 fully saturated rings. The van der Waals surface area contributed by atoms with Gasteiger partial charge in [0, 0.05) is 31.9 Å². The molecule has 2 heterocycles. The van der Waals surface area contributed by atoms with E-state index < -0.39 is 15.9 Å². The number of hydrogen-bond donors (Lipinski definition) is 1. The molecule has 0 aliphatic carbocycles. The number of halogens is 1. The number of piperazine rings is 1. The molecule has 0 atom stereocenters. The first-order valence-corrected chi connectivity index (χ1v) is 12.6. The normalized spacial score (nSPS) is 14.9. The van der Waals surface area contributed by atoms with Crippen molar-refractivity contribution >= 4 is 50.2 Å². The van der Waals surface area contributed by atoms with E-state index in [2.05, 4.69) is 10.2 Å². The molecule has 1 aromatic heterocycles. The first-order valence-electron chi connectivity index (χ1n) is 9.92. The number of carbonyl (C=O) groups is 1. The van der Waals surface area contributed by atoms with Gasteiger partial charge in [0.05, 0.1) is 17.8 Å². The smallest absolute Gasteiger partial charge is 0.267 e. The Balaban J connectivity index is 1.47. The van der Waals surface area contributed by atoms with Crippen LogP contribution >= 0.6 is 22.9 Å². The zero-order valence-corrected chi connectivity index (χ0v) is 19.7. The Morgan fingerprint density at radius 1 is 1.03 bits per heavy atom. The Morgan fingerprint density at radius 3 is 2.38 bits per heavy atom. The molecule has 7 nitrogen and oxygen atoms in total. The van der Waals surface area contributed by atoms with Gasteiger partial charge in [-0.15, -0.1) is 11.3 Å². The number of thiophene rings is 1. The Hall–Kier alpha value is -2.59. The summed E-state index contributed by atoms with van der Waals surface area (Å²) in [5.74, 6) is 0.205. The summed E-state index contributed by atoms with van der Waals surface area (Å²) < 4.78 is 33.2. The van der Waals surface area contributed by atoms with Crippen molar-refractivity contribution in [2.45, 2.75) is 4.90 Å². The minimum absolute atomic E-state index is 0.0275. The standard InChI is InChI=1S/C22H22ClN3O4S2/c1-30-17-8-6-16(7-9-17)24-22(27)21-20(10-15-31-21)32(28,29)26-13-11-25(12-14-26)19-5-3-2-4-18(19)23/h2-10,15H,11-14H2,1H3,(H,24,27). The molecule has 0 unspecified atom stereocenters. The maximum atomic E-state index is 13.3. The highest BCUT2D eigenvalue weighted by Crippen LogP contribution is 2.30. The molecular formula is C22H22ClN3O4S2. The Kier molecular flexibility index (Phi) is 6.71. The van der Waals surface area contributed by atoms with Gasteiger partial charge >= 0.3 is 0 Å². The van der Waals surface area contributed by atoms with Gasteiger partial charge in [-0.3, -0.25) is 4.79 Å². The molecule has 4 rings (SSSR count). The van der Waals surface area contributed by atoms with E-state index in [0.717, 1.165) is 17.0 Å². The van der Waals surface area contributed by atoms with Crippen molar-refractivity contribution in [2.75, 3.05) is 43.5 Å². The van der Waals surface area contributed by atoms with Crippen LogP contribution in [0, 0.1) is 0 Å². The quantitative estimate of drug-likeness (QED) is 0.559. The second-order valence-electron chi connectivity index (χ2n) is 7.14. The number of benzene rings is 2. The second-order valence-corrected chi connectivity index (χ2v) is 10.4. The molecule has 0 spiro atoms. The van der Waals surface area contributed by atoms with E-state index >= 15 is 0 Å². The summed E-state index contributed by atoms with van der Waals surface area (Å²) in [5, 5.41) is 5.01. The highest BCUT2D eigenvalue weighted by atomic mass is 35.5. The average molecular weight is 492 g/mol. The molecule has 0 bridgehead atoms. The molecular weight excluding hydrogens is 470 g/mol. The molecule has 10 heteroatoms. The topological polar surface area (TPSA) is 78.9 Å². The van der Waals surface area contributed by atoms with Crippen LogP contribution in [-0.4, -0.2) is 51.9 Å². The van der Waals surface area contributed by atoms with E-state index in [1.165, 1.54) is 10.4 Å². The average Bonchev–Trinajstić information content (AvgIpc) is 3.31. The van der Waals surface area contributed by atoms with Crippen LogP contribution in [0.15, 0.2) is 64.9 Å². The predicted octanol–water partition coefficient (Wildman–Crippen LogP) is 4.17. The molecule has 1 N–H and O–H groups in total. The van der Waals surface area contributed by atoms with E-state index in [4.69, 9.17) is 16.3 Å². The third-order valence-corrected chi connectivity index (χ3v) is 8.54. The molecule has 1 aliphatic heterocycles. The van der Waals surface area contributed by atoms with Crippen molar-refractivity contribution in [1.29, 1.82) is 0 Å². The third-order valence-electron chi connectivity index (χ3n) is 5.23. The molecule has 3 aromatic rings. The van der Waals surface area contributed by atoms with E-state index in [0.29, 0.717) is 42.6 Å². The Morgan fingerprint density at radius 2 is 1.72 bits per heavy atom. The molecule has 168 valence electrons. The maximum absolute atomic E-state index is 13.3. The number of hydrogen-bond acceptors (Lipinski definition) is 6. The predicted molar refractivity (Wildman–Crippen MR) is 128 cm³/mol. The fourth-order valence-corrected chi connectivity index (χ4v) is 6.52. The number of nitrogens with one attached hydrogen (secondary N) is 1. The summed E-state index contributed by atoms with van der Waals surface area (Å²) in [6.45, 7) is 1.65. The largest absolute Gasteiger partial charge is 0.497 e. The van der Waals surface area contributed by atoms with Gasteiger partial charge in [0.1, 0.15) is 15.5 Å².